The maximum Gasteiger partial charge on any atom is 0.0753 e. The molecular weight excluding hydrogens is 228 g/mol. The van der Waals surface area contributed by atoms with Crippen LogP contribution in [0.5, 0.6) is 0 Å². The van der Waals surface area contributed by atoms with Crippen molar-refractivity contribution in [3.05, 3.63) is 0 Å². The third kappa shape index (κ3) is 5.22. The Hall–Kier alpha value is -0.160. The van der Waals surface area contributed by atoms with Crippen molar-refractivity contribution in [2.24, 2.45) is 0 Å². The highest BCUT2D eigenvalue weighted by molar-refractivity contribution is 4.83. The molecule has 0 aliphatic carbocycles. The lowest BCUT2D eigenvalue weighted by molar-refractivity contribution is -0.0864. The number of likely N-dealkylation sites (N-methyl/N-ethyl adjacent to an activating group) is 1. The first-order valence-corrected chi connectivity index (χ1v) is 7.13. The fourth-order valence-corrected chi connectivity index (χ4v) is 2.65. The van der Waals surface area contributed by atoms with Crippen LogP contribution in [0.2, 0.25) is 0 Å². The molecule has 1 fully saturated rings. The van der Waals surface area contributed by atoms with E-state index >= 15 is 0 Å². The van der Waals surface area contributed by atoms with Gasteiger partial charge < -0.3 is 15.2 Å². The van der Waals surface area contributed by atoms with Crippen LogP contribution in [-0.2, 0) is 4.74 Å². The Balaban J connectivity index is 2.28. The predicted molar refractivity (Wildman–Crippen MR) is 74.9 cm³/mol. The van der Waals surface area contributed by atoms with Crippen molar-refractivity contribution in [3.8, 4) is 0 Å². The third-order valence-corrected chi connectivity index (χ3v) is 3.66. The summed E-state index contributed by atoms with van der Waals surface area (Å²) in [6, 6.07) is 0. The molecule has 0 bridgehead atoms. The second-order valence-electron chi connectivity index (χ2n) is 6.24. The molecule has 0 amide bonds. The summed E-state index contributed by atoms with van der Waals surface area (Å²) in [6.07, 6.45) is 2.12. The summed E-state index contributed by atoms with van der Waals surface area (Å²) in [4.78, 5) is 2.47. The van der Waals surface area contributed by atoms with Crippen molar-refractivity contribution in [3.63, 3.8) is 0 Å². The fraction of sp³-hybridized carbons (Fsp3) is 1.00. The lowest BCUT2D eigenvalue weighted by Crippen LogP contribution is -2.49. The van der Waals surface area contributed by atoms with Gasteiger partial charge in [-0.05, 0) is 46.7 Å². The summed E-state index contributed by atoms with van der Waals surface area (Å²) in [5, 5.41) is 12.8. The summed E-state index contributed by atoms with van der Waals surface area (Å²) in [7, 11) is 0. The number of hydrogen-bond donors (Lipinski definition) is 2. The number of morpholine rings is 1. The van der Waals surface area contributed by atoms with Crippen LogP contribution in [-0.4, -0.2) is 60.5 Å². The van der Waals surface area contributed by atoms with E-state index in [2.05, 4.69) is 37.9 Å². The van der Waals surface area contributed by atoms with Gasteiger partial charge >= 0.3 is 0 Å². The van der Waals surface area contributed by atoms with Crippen LogP contribution in [0.15, 0.2) is 0 Å². The van der Waals surface area contributed by atoms with E-state index in [0.29, 0.717) is 0 Å². The van der Waals surface area contributed by atoms with E-state index in [1.807, 2.05) is 0 Å². The SMILES string of the molecule is CCNC(C)(CO)CCCN1CCOC(C)(C)C1. The highest BCUT2D eigenvalue weighted by atomic mass is 16.5. The summed E-state index contributed by atoms with van der Waals surface area (Å²) in [5.41, 5.74) is -0.142. The predicted octanol–water partition coefficient (Wildman–Crippen LogP) is 1.24. The fourth-order valence-electron chi connectivity index (χ4n) is 2.65. The zero-order valence-corrected chi connectivity index (χ0v) is 12.5. The van der Waals surface area contributed by atoms with Gasteiger partial charge in [-0.2, -0.15) is 0 Å². The highest BCUT2D eigenvalue weighted by Gasteiger charge is 2.27. The second-order valence-corrected chi connectivity index (χ2v) is 6.24. The number of aliphatic hydroxyl groups is 1. The Morgan fingerprint density at radius 1 is 1.44 bits per heavy atom. The van der Waals surface area contributed by atoms with Crippen molar-refractivity contribution >= 4 is 0 Å². The molecular formula is C14H30N2O2. The van der Waals surface area contributed by atoms with E-state index < -0.39 is 0 Å². The average molecular weight is 258 g/mol. The smallest absolute Gasteiger partial charge is 0.0753 e. The molecule has 4 heteroatoms. The van der Waals surface area contributed by atoms with E-state index in [4.69, 9.17) is 4.74 Å². The average Bonchev–Trinajstić information content (AvgIpc) is 2.28. The molecule has 1 atom stereocenters. The molecule has 18 heavy (non-hydrogen) atoms. The first-order valence-electron chi connectivity index (χ1n) is 7.13. The van der Waals surface area contributed by atoms with Gasteiger partial charge in [-0.3, -0.25) is 4.90 Å². The quantitative estimate of drug-likeness (QED) is 0.721. The van der Waals surface area contributed by atoms with Gasteiger partial charge in [-0.15, -0.1) is 0 Å². The molecule has 4 nitrogen and oxygen atoms in total. The molecule has 0 spiro atoms. The van der Waals surface area contributed by atoms with Crippen LogP contribution >= 0.6 is 0 Å². The minimum atomic E-state index is -0.128. The molecule has 0 radical (unpaired) electrons. The van der Waals surface area contributed by atoms with Crippen molar-refractivity contribution in [2.45, 2.75) is 51.7 Å². The molecule has 0 saturated carbocycles. The highest BCUT2D eigenvalue weighted by Crippen LogP contribution is 2.18. The molecule has 1 heterocycles. The number of nitrogens with one attached hydrogen (secondary N) is 1. The van der Waals surface area contributed by atoms with Gasteiger partial charge in [0.15, 0.2) is 0 Å². The van der Waals surface area contributed by atoms with E-state index in [0.717, 1.165) is 45.6 Å². The summed E-state index contributed by atoms with van der Waals surface area (Å²) >= 11 is 0. The third-order valence-electron chi connectivity index (χ3n) is 3.66. The first-order chi connectivity index (χ1) is 8.41. The molecule has 1 saturated heterocycles. The van der Waals surface area contributed by atoms with Crippen LogP contribution in [0.25, 0.3) is 0 Å². The van der Waals surface area contributed by atoms with Gasteiger partial charge in [0, 0.05) is 18.6 Å². The Morgan fingerprint density at radius 2 is 2.17 bits per heavy atom. The number of aliphatic hydroxyl groups excluding tert-OH is 1. The lowest BCUT2D eigenvalue weighted by atomic mass is 9.96. The van der Waals surface area contributed by atoms with Gasteiger partial charge in [0.1, 0.15) is 0 Å². The topological polar surface area (TPSA) is 44.7 Å². The van der Waals surface area contributed by atoms with Crippen molar-refractivity contribution in [1.82, 2.24) is 10.2 Å². The van der Waals surface area contributed by atoms with Gasteiger partial charge in [-0.25, -0.2) is 0 Å². The maximum absolute atomic E-state index is 9.44. The lowest BCUT2D eigenvalue weighted by Gasteiger charge is -2.38. The summed E-state index contributed by atoms with van der Waals surface area (Å²) in [6.45, 7) is 13.5. The standard InChI is InChI=1S/C14H30N2O2/c1-5-15-14(4,12-17)7-6-8-16-9-10-18-13(2,3)11-16/h15,17H,5-12H2,1-4H3. The molecule has 0 aromatic carbocycles. The number of ether oxygens (including phenoxy) is 1. The molecule has 1 unspecified atom stereocenters. The maximum atomic E-state index is 9.44. The number of nitrogens with zero attached hydrogens (tertiary/aromatic N) is 1. The van der Waals surface area contributed by atoms with E-state index in [-0.39, 0.29) is 17.7 Å². The molecule has 2 N–H and O–H groups in total. The second kappa shape index (κ2) is 6.85. The monoisotopic (exact) mass is 258 g/mol. The number of hydrogen-bond acceptors (Lipinski definition) is 4. The van der Waals surface area contributed by atoms with E-state index in [1.165, 1.54) is 0 Å². The van der Waals surface area contributed by atoms with Crippen molar-refractivity contribution in [2.75, 3.05) is 39.4 Å². The summed E-state index contributed by atoms with van der Waals surface area (Å²) < 4.78 is 5.71. The van der Waals surface area contributed by atoms with Gasteiger partial charge in [0.2, 0.25) is 0 Å². The minimum absolute atomic E-state index is 0.0137. The normalized spacial score (nSPS) is 23.8. The van der Waals surface area contributed by atoms with Crippen molar-refractivity contribution < 1.29 is 9.84 Å². The Labute approximate surface area is 112 Å². The zero-order chi connectivity index (χ0) is 13.6. The minimum Gasteiger partial charge on any atom is -0.394 e. The van der Waals surface area contributed by atoms with E-state index in [9.17, 15) is 5.11 Å². The van der Waals surface area contributed by atoms with E-state index in [1.54, 1.807) is 0 Å². The van der Waals surface area contributed by atoms with Crippen LogP contribution < -0.4 is 5.32 Å². The van der Waals surface area contributed by atoms with Crippen LogP contribution in [0.3, 0.4) is 0 Å². The molecule has 1 aliphatic heterocycles. The first kappa shape index (κ1) is 15.9. The van der Waals surface area contributed by atoms with Crippen molar-refractivity contribution in [1.29, 1.82) is 0 Å². The molecule has 0 aromatic heterocycles. The van der Waals surface area contributed by atoms with Crippen LogP contribution in [0.1, 0.15) is 40.5 Å². The molecule has 0 aromatic rings. The molecule has 108 valence electrons. The molecule has 1 aliphatic rings. The van der Waals surface area contributed by atoms with Crippen LogP contribution in [0.4, 0.5) is 0 Å². The Kier molecular flexibility index (Phi) is 6.05. The van der Waals surface area contributed by atoms with Gasteiger partial charge in [-0.1, -0.05) is 6.92 Å². The summed E-state index contributed by atoms with van der Waals surface area (Å²) in [5.74, 6) is 0. The number of rotatable bonds is 7. The largest absolute Gasteiger partial charge is 0.394 e. The Morgan fingerprint density at radius 3 is 2.72 bits per heavy atom. The Bertz CT molecular complexity index is 246. The van der Waals surface area contributed by atoms with Gasteiger partial charge in [0.25, 0.3) is 0 Å². The van der Waals surface area contributed by atoms with Crippen LogP contribution in [0, 0.1) is 0 Å². The molecule has 1 rings (SSSR count). The zero-order valence-electron chi connectivity index (χ0n) is 12.5. The van der Waals surface area contributed by atoms with Gasteiger partial charge in [0.05, 0.1) is 18.8 Å².